The Bertz CT molecular complexity index is 604. The topological polar surface area (TPSA) is 29.5 Å². The van der Waals surface area contributed by atoms with Crippen molar-refractivity contribution in [3.8, 4) is 5.75 Å². The number of nitrogens with zero attached hydrogens (tertiary/aromatic N) is 1. The predicted molar refractivity (Wildman–Crippen MR) is 98.0 cm³/mol. The average Bonchev–Trinajstić information content (AvgIpc) is 3.12. The highest BCUT2D eigenvalue weighted by Gasteiger charge is 2.36. The van der Waals surface area contributed by atoms with E-state index < -0.39 is 0 Å². The maximum atomic E-state index is 13.5. The Morgan fingerprint density at radius 3 is 2.42 bits per heavy atom. The van der Waals surface area contributed by atoms with E-state index in [1.807, 2.05) is 12.1 Å². The first kappa shape index (κ1) is 17.5. The van der Waals surface area contributed by atoms with Crippen molar-refractivity contribution < 1.29 is 9.53 Å². The minimum atomic E-state index is -0.288. The summed E-state index contributed by atoms with van der Waals surface area (Å²) in [4.78, 5) is 16.0. The number of Topliss-reactive ketones (excluding diaryl/α,β-unsaturated/α-hetero) is 1. The summed E-state index contributed by atoms with van der Waals surface area (Å²) in [5.74, 6) is 1.29. The van der Waals surface area contributed by atoms with Gasteiger partial charge in [-0.15, -0.1) is 0 Å². The lowest BCUT2D eigenvalue weighted by Gasteiger charge is -2.33. The summed E-state index contributed by atoms with van der Waals surface area (Å²) in [7, 11) is 1.73. The molecular formula is C21H31NO2. The van der Waals surface area contributed by atoms with E-state index in [-0.39, 0.29) is 5.41 Å². The lowest BCUT2D eigenvalue weighted by molar-refractivity contribution is 0.0741. The van der Waals surface area contributed by atoms with Crippen molar-refractivity contribution in [1.29, 1.82) is 0 Å². The van der Waals surface area contributed by atoms with Gasteiger partial charge in [0, 0.05) is 17.5 Å². The number of ether oxygens (including phenoxy) is 1. The van der Waals surface area contributed by atoms with Crippen molar-refractivity contribution in [2.45, 2.75) is 58.8 Å². The van der Waals surface area contributed by atoms with Gasteiger partial charge in [0.25, 0.3) is 0 Å². The third kappa shape index (κ3) is 3.23. The van der Waals surface area contributed by atoms with Crippen molar-refractivity contribution in [3.05, 3.63) is 28.8 Å². The van der Waals surface area contributed by atoms with Gasteiger partial charge < -0.3 is 9.64 Å². The second-order valence-electron chi connectivity index (χ2n) is 7.71. The van der Waals surface area contributed by atoms with Gasteiger partial charge >= 0.3 is 0 Å². The van der Waals surface area contributed by atoms with Gasteiger partial charge in [-0.25, -0.2) is 0 Å². The van der Waals surface area contributed by atoms with Crippen molar-refractivity contribution in [3.63, 3.8) is 0 Å². The molecule has 1 heterocycles. The zero-order valence-corrected chi connectivity index (χ0v) is 15.5. The highest BCUT2D eigenvalue weighted by Crippen LogP contribution is 2.36. The number of rotatable bonds is 6. The molecule has 0 saturated carbocycles. The van der Waals surface area contributed by atoms with Gasteiger partial charge in [-0.3, -0.25) is 4.79 Å². The van der Waals surface area contributed by atoms with E-state index in [1.165, 1.54) is 36.8 Å². The molecule has 1 aromatic rings. The van der Waals surface area contributed by atoms with Crippen LogP contribution in [0.15, 0.2) is 12.1 Å². The summed E-state index contributed by atoms with van der Waals surface area (Å²) in [6, 6.07) is 4.02. The Morgan fingerprint density at radius 1 is 1.12 bits per heavy atom. The molecule has 1 aliphatic heterocycles. The average molecular weight is 329 g/mol. The molecule has 3 rings (SSSR count). The molecule has 0 N–H and O–H groups in total. The van der Waals surface area contributed by atoms with Crippen molar-refractivity contribution in [1.82, 2.24) is 4.90 Å². The van der Waals surface area contributed by atoms with Crippen LogP contribution in [0.1, 0.15) is 67.4 Å². The van der Waals surface area contributed by atoms with Crippen molar-refractivity contribution >= 4 is 5.78 Å². The van der Waals surface area contributed by atoms with E-state index in [1.54, 1.807) is 7.11 Å². The van der Waals surface area contributed by atoms with Crippen molar-refractivity contribution in [2.75, 3.05) is 26.7 Å². The van der Waals surface area contributed by atoms with Crippen LogP contribution in [0.25, 0.3) is 0 Å². The zero-order chi connectivity index (χ0) is 17.2. The number of carbonyl (C=O) groups excluding carboxylic acids is 1. The quantitative estimate of drug-likeness (QED) is 0.730. The molecule has 0 bridgehead atoms. The first-order valence-electron chi connectivity index (χ1n) is 9.55. The fourth-order valence-electron chi connectivity index (χ4n) is 4.34. The summed E-state index contributed by atoms with van der Waals surface area (Å²) in [5.41, 5.74) is 3.19. The van der Waals surface area contributed by atoms with Gasteiger partial charge in [0.15, 0.2) is 5.78 Å². The molecule has 1 fully saturated rings. The van der Waals surface area contributed by atoms with E-state index in [2.05, 4.69) is 18.7 Å². The third-order valence-electron chi connectivity index (χ3n) is 6.06. The Morgan fingerprint density at radius 2 is 1.79 bits per heavy atom. The number of hydrogen-bond donors (Lipinski definition) is 0. The Balaban J connectivity index is 1.93. The van der Waals surface area contributed by atoms with Crippen LogP contribution >= 0.6 is 0 Å². The Hall–Kier alpha value is -1.35. The smallest absolute Gasteiger partial charge is 0.170 e. The van der Waals surface area contributed by atoms with Crippen LogP contribution in [0.3, 0.4) is 0 Å². The van der Waals surface area contributed by atoms with Crippen LogP contribution in [0.5, 0.6) is 5.75 Å². The Labute approximate surface area is 146 Å². The molecule has 1 aliphatic carbocycles. The zero-order valence-electron chi connectivity index (χ0n) is 15.5. The normalized spacial score (nSPS) is 20.5. The largest absolute Gasteiger partial charge is 0.496 e. The molecule has 1 unspecified atom stereocenters. The number of fused-ring (bicyclic) bond motifs is 1. The number of ketones is 1. The molecule has 0 radical (unpaired) electrons. The number of likely N-dealkylation sites (tertiary alicyclic amines) is 1. The van der Waals surface area contributed by atoms with Crippen LogP contribution in [0, 0.1) is 5.41 Å². The number of carbonyl (C=O) groups is 1. The van der Waals surface area contributed by atoms with Crippen molar-refractivity contribution in [2.24, 2.45) is 5.41 Å². The first-order chi connectivity index (χ1) is 11.6. The molecule has 24 heavy (non-hydrogen) atoms. The highest BCUT2D eigenvalue weighted by atomic mass is 16.5. The van der Waals surface area contributed by atoms with Gasteiger partial charge in [-0.2, -0.15) is 0 Å². The molecule has 0 aromatic heterocycles. The van der Waals surface area contributed by atoms with E-state index in [0.29, 0.717) is 5.78 Å². The van der Waals surface area contributed by atoms with Crippen LogP contribution in [-0.2, 0) is 12.8 Å². The molecule has 0 amide bonds. The van der Waals surface area contributed by atoms with Gasteiger partial charge in [-0.05, 0) is 81.3 Å². The summed E-state index contributed by atoms with van der Waals surface area (Å²) < 4.78 is 5.55. The standard InChI is InChI=1S/C21H31NO2/c1-4-21(2,15-22-13-7-8-14-22)20(23)18-11-12-19(24-3)17-10-6-5-9-16(17)18/h11-12H,4-10,13-15H2,1-3H3. The molecule has 2 aliphatic rings. The van der Waals surface area contributed by atoms with E-state index >= 15 is 0 Å². The molecule has 3 nitrogen and oxygen atoms in total. The van der Waals surface area contributed by atoms with E-state index in [9.17, 15) is 4.79 Å². The second-order valence-corrected chi connectivity index (χ2v) is 7.71. The minimum Gasteiger partial charge on any atom is -0.496 e. The van der Waals surface area contributed by atoms with Crippen LogP contribution in [0.2, 0.25) is 0 Å². The maximum Gasteiger partial charge on any atom is 0.170 e. The highest BCUT2D eigenvalue weighted by molar-refractivity contribution is 6.02. The van der Waals surface area contributed by atoms with Gasteiger partial charge in [0.1, 0.15) is 5.75 Å². The Kier molecular flexibility index (Phi) is 5.29. The number of hydrogen-bond acceptors (Lipinski definition) is 3. The summed E-state index contributed by atoms with van der Waals surface area (Å²) in [5, 5.41) is 0. The van der Waals surface area contributed by atoms with Crippen LogP contribution in [-0.4, -0.2) is 37.4 Å². The monoisotopic (exact) mass is 329 g/mol. The lowest BCUT2D eigenvalue weighted by Crippen LogP contribution is -2.40. The summed E-state index contributed by atoms with van der Waals surface area (Å²) in [6.45, 7) is 7.49. The first-order valence-corrected chi connectivity index (χ1v) is 9.55. The fourth-order valence-corrected chi connectivity index (χ4v) is 4.34. The fraction of sp³-hybridized carbons (Fsp3) is 0.667. The molecule has 0 spiro atoms. The number of benzene rings is 1. The lowest BCUT2D eigenvalue weighted by atomic mass is 9.76. The van der Waals surface area contributed by atoms with Gasteiger partial charge in [-0.1, -0.05) is 13.8 Å². The SMILES string of the molecule is CCC(C)(CN1CCCC1)C(=O)c1ccc(OC)c2c1CCCC2. The third-order valence-corrected chi connectivity index (χ3v) is 6.06. The minimum absolute atomic E-state index is 0.288. The molecule has 132 valence electrons. The summed E-state index contributed by atoms with van der Waals surface area (Å²) in [6.07, 6.45) is 7.85. The molecule has 1 saturated heterocycles. The van der Waals surface area contributed by atoms with Crippen LogP contribution < -0.4 is 4.74 Å². The van der Waals surface area contributed by atoms with Gasteiger partial charge in [0.2, 0.25) is 0 Å². The molecular weight excluding hydrogens is 298 g/mol. The summed E-state index contributed by atoms with van der Waals surface area (Å²) >= 11 is 0. The molecule has 1 atom stereocenters. The van der Waals surface area contributed by atoms with Gasteiger partial charge in [0.05, 0.1) is 7.11 Å². The van der Waals surface area contributed by atoms with E-state index in [0.717, 1.165) is 50.2 Å². The maximum absolute atomic E-state index is 13.5. The predicted octanol–water partition coefficient (Wildman–Crippen LogP) is 4.27. The number of methoxy groups -OCH3 is 1. The second kappa shape index (κ2) is 7.26. The van der Waals surface area contributed by atoms with E-state index in [4.69, 9.17) is 4.74 Å². The molecule has 3 heteroatoms. The van der Waals surface area contributed by atoms with Crippen LogP contribution in [0.4, 0.5) is 0 Å². The molecule has 1 aromatic carbocycles.